The van der Waals surface area contributed by atoms with E-state index in [1.165, 1.54) is 0 Å². The molecule has 2 amide bonds. The minimum absolute atomic E-state index is 0.0368. The number of nitrogens with zero attached hydrogens (tertiary/aromatic N) is 1. The van der Waals surface area contributed by atoms with Crippen molar-refractivity contribution in [3.8, 4) is 5.75 Å². The molecule has 0 aliphatic carbocycles. The molecule has 0 bridgehead atoms. The minimum atomic E-state index is -0.224. The van der Waals surface area contributed by atoms with E-state index in [-0.39, 0.29) is 24.5 Å². The second kappa shape index (κ2) is 11.7. The van der Waals surface area contributed by atoms with Gasteiger partial charge in [0.15, 0.2) is 0 Å². The van der Waals surface area contributed by atoms with Gasteiger partial charge in [-0.2, -0.15) is 0 Å². The molecule has 182 valence electrons. The third-order valence-corrected chi connectivity index (χ3v) is 6.30. The largest absolute Gasteiger partial charge is 0.489 e. The van der Waals surface area contributed by atoms with Crippen LogP contribution in [0.1, 0.15) is 39.9 Å². The summed E-state index contributed by atoms with van der Waals surface area (Å²) in [6, 6.07) is 22.8. The molecular weight excluding hydrogens is 440 g/mol. The standard InChI is InChI=1S/C29H32N2O4/c1-21-8-6-12-27(22(21)2)30-28(32)19-31(18-26-11-7-17-34-26)29(33)24-15-13-23(14-16-24)20-35-25-9-4-3-5-10-25/h3-6,8-10,12-16,26H,7,11,17-20H2,1-2H3,(H,30,32). The van der Waals surface area contributed by atoms with E-state index >= 15 is 0 Å². The highest BCUT2D eigenvalue weighted by Gasteiger charge is 2.25. The Morgan fingerprint density at radius 3 is 2.49 bits per heavy atom. The van der Waals surface area contributed by atoms with Crippen molar-refractivity contribution in [2.45, 2.75) is 39.4 Å². The van der Waals surface area contributed by atoms with Gasteiger partial charge in [0, 0.05) is 24.4 Å². The molecule has 0 saturated carbocycles. The predicted molar refractivity (Wildman–Crippen MR) is 137 cm³/mol. The number of anilines is 1. The van der Waals surface area contributed by atoms with Crippen LogP contribution >= 0.6 is 0 Å². The fraction of sp³-hybridized carbons (Fsp3) is 0.310. The minimum Gasteiger partial charge on any atom is -0.489 e. The van der Waals surface area contributed by atoms with Gasteiger partial charge < -0.3 is 19.7 Å². The van der Waals surface area contributed by atoms with E-state index in [0.29, 0.717) is 25.3 Å². The summed E-state index contributed by atoms with van der Waals surface area (Å²) in [6.45, 7) is 5.44. The molecule has 1 atom stereocenters. The zero-order chi connectivity index (χ0) is 24.6. The van der Waals surface area contributed by atoms with Crippen LogP contribution in [-0.4, -0.2) is 42.5 Å². The van der Waals surface area contributed by atoms with Gasteiger partial charge in [-0.3, -0.25) is 9.59 Å². The van der Waals surface area contributed by atoms with Gasteiger partial charge in [0.2, 0.25) is 5.91 Å². The van der Waals surface area contributed by atoms with Crippen molar-refractivity contribution in [3.63, 3.8) is 0 Å². The number of carbonyl (C=O) groups is 2. The van der Waals surface area contributed by atoms with Crippen molar-refractivity contribution < 1.29 is 19.1 Å². The molecule has 1 aliphatic heterocycles. The van der Waals surface area contributed by atoms with Crippen LogP contribution in [0.5, 0.6) is 5.75 Å². The summed E-state index contributed by atoms with van der Waals surface area (Å²) < 4.78 is 11.5. The average molecular weight is 473 g/mol. The Labute approximate surface area is 206 Å². The van der Waals surface area contributed by atoms with Gasteiger partial charge in [0.05, 0.1) is 6.10 Å². The van der Waals surface area contributed by atoms with Crippen LogP contribution in [0.3, 0.4) is 0 Å². The topological polar surface area (TPSA) is 67.9 Å². The first kappa shape index (κ1) is 24.5. The Morgan fingerprint density at radius 1 is 1.00 bits per heavy atom. The van der Waals surface area contributed by atoms with Crippen molar-refractivity contribution >= 4 is 17.5 Å². The maximum atomic E-state index is 13.4. The molecule has 6 nitrogen and oxygen atoms in total. The van der Waals surface area contributed by atoms with Crippen molar-refractivity contribution in [1.82, 2.24) is 4.90 Å². The van der Waals surface area contributed by atoms with Crippen LogP contribution in [-0.2, 0) is 16.1 Å². The first-order valence-corrected chi connectivity index (χ1v) is 12.0. The Bertz CT molecular complexity index is 1140. The van der Waals surface area contributed by atoms with Crippen LogP contribution in [0.25, 0.3) is 0 Å². The number of carbonyl (C=O) groups excluding carboxylic acids is 2. The van der Waals surface area contributed by atoms with E-state index in [2.05, 4.69) is 5.32 Å². The van der Waals surface area contributed by atoms with Gasteiger partial charge in [0.25, 0.3) is 5.91 Å². The SMILES string of the molecule is Cc1cccc(NC(=O)CN(CC2CCCO2)C(=O)c2ccc(COc3ccccc3)cc2)c1C. The monoisotopic (exact) mass is 472 g/mol. The molecule has 6 heteroatoms. The molecule has 0 spiro atoms. The highest BCUT2D eigenvalue weighted by molar-refractivity contribution is 5.99. The maximum absolute atomic E-state index is 13.4. The summed E-state index contributed by atoms with van der Waals surface area (Å²) >= 11 is 0. The summed E-state index contributed by atoms with van der Waals surface area (Å²) in [6.07, 6.45) is 1.81. The lowest BCUT2D eigenvalue weighted by molar-refractivity contribution is -0.117. The Balaban J connectivity index is 1.42. The van der Waals surface area contributed by atoms with Crippen molar-refractivity contribution in [3.05, 3.63) is 95.1 Å². The van der Waals surface area contributed by atoms with Crippen LogP contribution < -0.4 is 10.1 Å². The number of ether oxygens (including phenoxy) is 2. The number of hydrogen-bond donors (Lipinski definition) is 1. The number of rotatable bonds is 9. The molecule has 1 fully saturated rings. The summed E-state index contributed by atoms with van der Waals surface area (Å²) in [5, 5.41) is 2.96. The molecule has 1 aliphatic rings. The Kier molecular flexibility index (Phi) is 8.16. The van der Waals surface area contributed by atoms with E-state index in [1.54, 1.807) is 17.0 Å². The Morgan fingerprint density at radius 2 is 1.77 bits per heavy atom. The van der Waals surface area contributed by atoms with Gasteiger partial charge in [-0.05, 0) is 73.7 Å². The maximum Gasteiger partial charge on any atom is 0.254 e. The van der Waals surface area contributed by atoms with Gasteiger partial charge in [-0.15, -0.1) is 0 Å². The quantitative estimate of drug-likeness (QED) is 0.468. The summed E-state index contributed by atoms with van der Waals surface area (Å²) in [7, 11) is 0. The van der Waals surface area contributed by atoms with E-state index in [4.69, 9.17) is 9.47 Å². The van der Waals surface area contributed by atoms with Crippen LogP contribution in [0.4, 0.5) is 5.69 Å². The molecule has 1 N–H and O–H groups in total. The molecule has 1 heterocycles. The van der Waals surface area contributed by atoms with Crippen LogP contribution in [0.15, 0.2) is 72.8 Å². The predicted octanol–water partition coefficient (Wildman–Crippen LogP) is 5.14. The fourth-order valence-corrected chi connectivity index (χ4v) is 4.11. The summed E-state index contributed by atoms with van der Waals surface area (Å²) in [5.74, 6) is 0.385. The smallest absolute Gasteiger partial charge is 0.254 e. The molecular formula is C29H32N2O4. The second-order valence-corrected chi connectivity index (χ2v) is 8.92. The number of amides is 2. The average Bonchev–Trinajstić information content (AvgIpc) is 3.39. The van der Waals surface area contributed by atoms with Gasteiger partial charge >= 0.3 is 0 Å². The lowest BCUT2D eigenvalue weighted by atomic mass is 10.1. The lowest BCUT2D eigenvalue weighted by Gasteiger charge is -2.25. The number of nitrogens with one attached hydrogen (secondary N) is 1. The molecule has 0 aromatic heterocycles. The van der Waals surface area contributed by atoms with E-state index < -0.39 is 0 Å². The van der Waals surface area contributed by atoms with Crippen molar-refractivity contribution in [1.29, 1.82) is 0 Å². The van der Waals surface area contributed by atoms with E-state index in [1.807, 2.05) is 74.5 Å². The van der Waals surface area contributed by atoms with Crippen LogP contribution in [0, 0.1) is 13.8 Å². The molecule has 1 unspecified atom stereocenters. The van der Waals surface area contributed by atoms with Crippen molar-refractivity contribution in [2.24, 2.45) is 0 Å². The number of benzene rings is 3. The number of aryl methyl sites for hydroxylation is 1. The zero-order valence-corrected chi connectivity index (χ0v) is 20.3. The van der Waals surface area contributed by atoms with Crippen LogP contribution in [0.2, 0.25) is 0 Å². The van der Waals surface area contributed by atoms with Crippen molar-refractivity contribution in [2.75, 3.05) is 25.0 Å². The molecule has 1 saturated heterocycles. The van der Waals surface area contributed by atoms with E-state index in [0.717, 1.165) is 41.0 Å². The molecule has 3 aromatic carbocycles. The lowest BCUT2D eigenvalue weighted by Crippen LogP contribution is -2.42. The van der Waals surface area contributed by atoms with Gasteiger partial charge in [0.1, 0.15) is 18.9 Å². The normalized spacial score (nSPS) is 15.0. The fourth-order valence-electron chi connectivity index (χ4n) is 4.11. The molecule has 35 heavy (non-hydrogen) atoms. The number of para-hydroxylation sites is 1. The molecule has 0 radical (unpaired) electrons. The molecule has 4 rings (SSSR count). The summed E-state index contributed by atoms with van der Waals surface area (Å²) in [4.78, 5) is 27.9. The highest BCUT2D eigenvalue weighted by atomic mass is 16.5. The Hall–Kier alpha value is -3.64. The summed E-state index contributed by atoms with van der Waals surface area (Å²) in [5.41, 5.74) is 4.38. The first-order valence-electron chi connectivity index (χ1n) is 12.0. The third kappa shape index (κ3) is 6.70. The highest BCUT2D eigenvalue weighted by Crippen LogP contribution is 2.19. The molecule has 3 aromatic rings. The van der Waals surface area contributed by atoms with Gasteiger partial charge in [-0.25, -0.2) is 0 Å². The number of hydrogen-bond acceptors (Lipinski definition) is 4. The third-order valence-electron chi connectivity index (χ3n) is 6.30. The first-order chi connectivity index (χ1) is 17.0. The second-order valence-electron chi connectivity index (χ2n) is 8.92. The van der Waals surface area contributed by atoms with E-state index in [9.17, 15) is 9.59 Å². The zero-order valence-electron chi connectivity index (χ0n) is 20.3. The van der Waals surface area contributed by atoms with Gasteiger partial charge in [-0.1, -0.05) is 42.5 Å².